The molecule has 2 aromatic rings. The van der Waals surface area contributed by atoms with Crippen molar-refractivity contribution < 1.29 is 28.7 Å². The average molecular weight is 535 g/mol. The Labute approximate surface area is 226 Å². The van der Waals surface area contributed by atoms with Crippen molar-refractivity contribution >= 4 is 11.8 Å². The summed E-state index contributed by atoms with van der Waals surface area (Å²) in [6.07, 6.45) is 6.12. The molecule has 0 unspecified atom stereocenters. The molecule has 1 saturated heterocycles. The molecule has 2 aromatic heterocycles. The van der Waals surface area contributed by atoms with Gasteiger partial charge in [0.2, 0.25) is 11.8 Å². The third kappa shape index (κ3) is 4.90. The first-order valence-corrected chi connectivity index (χ1v) is 14.2. The SMILES string of the molecule is O=C(c1cc(OCC2CCOCC2)nc(C2CC2)c1)N1CC2=C(CC(C(=O)N3CCc4c(O)noc4C3)C2)C1. The second kappa shape index (κ2) is 9.97. The number of carbonyl (C=O) groups excluding carboxylic acids is 2. The Balaban J connectivity index is 0.977. The van der Waals surface area contributed by atoms with Crippen LogP contribution in [-0.4, -0.2) is 76.3 Å². The van der Waals surface area contributed by atoms with Crippen molar-refractivity contribution in [2.75, 3.05) is 39.5 Å². The molecule has 3 aliphatic heterocycles. The summed E-state index contributed by atoms with van der Waals surface area (Å²) in [5, 5.41) is 13.4. The van der Waals surface area contributed by atoms with Crippen LogP contribution in [0.4, 0.5) is 0 Å². The molecule has 5 heterocycles. The number of carbonyl (C=O) groups is 2. The third-order valence-corrected chi connectivity index (χ3v) is 8.88. The van der Waals surface area contributed by atoms with E-state index in [-0.39, 0.29) is 23.6 Å². The third-order valence-electron chi connectivity index (χ3n) is 8.88. The first-order valence-electron chi connectivity index (χ1n) is 14.2. The van der Waals surface area contributed by atoms with Crippen LogP contribution in [0, 0.1) is 11.8 Å². The van der Waals surface area contributed by atoms with Gasteiger partial charge in [0.05, 0.1) is 18.7 Å². The van der Waals surface area contributed by atoms with E-state index in [2.05, 4.69) is 5.16 Å². The van der Waals surface area contributed by atoms with Gasteiger partial charge in [-0.1, -0.05) is 0 Å². The summed E-state index contributed by atoms with van der Waals surface area (Å²) in [6, 6.07) is 3.75. The van der Waals surface area contributed by atoms with Crippen LogP contribution in [-0.2, 0) is 22.5 Å². The number of rotatable bonds is 6. The number of aromatic hydroxyl groups is 1. The monoisotopic (exact) mass is 534 g/mol. The van der Waals surface area contributed by atoms with Gasteiger partial charge in [-0.2, -0.15) is 0 Å². The number of amides is 2. The quantitative estimate of drug-likeness (QED) is 0.562. The normalized spacial score (nSPS) is 21.8. The van der Waals surface area contributed by atoms with Gasteiger partial charge in [0.25, 0.3) is 11.8 Å². The highest BCUT2D eigenvalue weighted by Gasteiger charge is 2.39. The number of hydrogen-bond acceptors (Lipinski definition) is 8. The van der Waals surface area contributed by atoms with Gasteiger partial charge in [0, 0.05) is 62.0 Å². The predicted octanol–water partition coefficient (Wildman–Crippen LogP) is 3.21. The minimum absolute atomic E-state index is 0.00109. The highest BCUT2D eigenvalue weighted by molar-refractivity contribution is 5.95. The summed E-state index contributed by atoms with van der Waals surface area (Å²) in [6.45, 7) is 4.18. The number of hydrogen-bond donors (Lipinski definition) is 1. The molecule has 1 N–H and O–H groups in total. The molecule has 0 radical (unpaired) electrons. The maximum atomic E-state index is 13.6. The number of nitrogens with zero attached hydrogens (tertiary/aromatic N) is 4. The maximum absolute atomic E-state index is 13.6. The Morgan fingerprint density at radius 3 is 2.54 bits per heavy atom. The van der Waals surface area contributed by atoms with Crippen molar-refractivity contribution in [3.63, 3.8) is 0 Å². The summed E-state index contributed by atoms with van der Waals surface area (Å²) in [7, 11) is 0. The van der Waals surface area contributed by atoms with E-state index in [1.807, 2.05) is 11.0 Å². The molecule has 0 spiro atoms. The highest BCUT2D eigenvalue weighted by atomic mass is 16.5. The van der Waals surface area contributed by atoms with Gasteiger partial charge in [-0.15, -0.1) is 0 Å². The van der Waals surface area contributed by atoms with Crippen LogP contribution in [0.2, 0.25) is 0 Å². The summed E-state index contributed by atoms with van der Waals surface area (Å²) < 4.78 is 16.8. The molecular formula is C29H34N4O6. The molecule has 5 aliphatic rings. The van der Waals surface area contributed by atoms with Gasteiger partial charge in [-0.3, -0.25) is 9.59 Å². The molecule has 1 saturated carbocycles. The number of pyridine rings is 1. The fourth-order valence-electron chi connectivity index (χ4n) is 6.41. The van der Waals surface area contributed by atoms with E-state index in [0.717, 1.165) is 44.6 Å². The van der Waals surface area contributed by atoms with E-state index in [1.54, 1.807) is 11.0 Å². The molecule has 206 valence electrons. The summed E-state index contributed by atoms with van der Waals surface area (Å²) in [5.41, 5.74) is 4.73. The molecule has 2 fully saturated rings. The average Bonchev–Trinajstić information content (AvgIpc) is 3.49. The van der Waals surface area contributed by atoms with Gasteiger partial charge in [0.15, 0.2) is 5.76 Å². The molecule has 0 bridgehead atoms. The lowest BCUT2D eigenvalue weighted by Gasteiger charge is -2.29. The van der Waals surface area contributed by atoms with Gasteiger partial charge in [-0.25, -0.2) is 4.98 Å². The molecule has 2 amide bonds. The second-order valence-corrected chi connectivity index (χ2v) is 11.7. The Bertz CT molecular complexity index is 1310. The van der Waals surface area contributed by atoms with E-state index in [0.29, 0.717) is 86.7 Å². The number of aromatic nitrogens is 2. The molecule has 0 atom stereocenters. The zero-order valence-corrected chi connectivity index (χ0v) is 22.1. The van der Waals surface area contributed by atoms with Crippen LogP contribution in [0.3, 0.4) is 0 Å². The zero-order chi connectivity index (χ0) is 26.5. The Morgan fingerprint density at radius 1 is 1.03 bits per heavy atom. The van der Waals surface area contributed by atoms with Crippen molar-refractivity contribution in [3.05, 3.63) is 45.9 Å². The topological polar surface area (TPSA) is 118 Å². The van der Waals surface area contributed by atoms with Gasteiger partial charge >= 0.3 is 0 Å². The molecule has 2 aliphatic carbocycles. The first-order chi connectivity index (χ1) is 19.0. The van der Waals surface area contributed by atoms with Gasteiger partial charge in [0.1, 0.15) is 0 Å². The fraction of sp³-hybridized carbons (Fsp3) is 0.586. The maximum Gasteiger partial charge on any atom is 0.255 e. The van der Waals surface area contributed by atoms with Crippen molar-refractivity contribution in [1.82, 2.24) is 19.9 Å². The van der Waals surface area contributed by atoms with Crippen molar-refractivity contribution in [2.45, 2.75) is 57.4 Å². The van der Waals surface area contributed by atoms with Crippen LogP contribution in [0.1, 0.15) is 71.8 Å². The molecule has 10 nitrogen and oxygen atoms in total. The molecular weight excluding hydrogens is 500 g/mol. The lowest BCUT2D eigenvalue weighted by molar-refractivity contribution is -0.136. The van der Waals surface area contributed by atoms with Crippen molar-refractivity contribution in [1.29, 1.82) is 0 Å². The minimum atomic E-state index is -0.0992. The van der Waals surface area contributed by atoms with Gasteiger partial charge < -0.3 is 28.9 Å². The minimum Gasteiger partial charge on any atom is -0.491 e. The summed E-state index contributed by atoms with van der Waals surface area (Å²) in [5.74, 6) is 1.94. The number of ether oxygens (including phenoxy) is 2. The predicted molar refractivity (Wildman–Crippen MR) is 138 cm³/mol. The standard InChI is InChI=1S/C29H34N4O6/c34-27-23-3-6-32(15-25(23)39-31-27)28(35)19-9-21-13-33(14-22(21)10-19)29(36)20-11-24(18-1-2-18)30-26(12-20)38-16-17-4-7-37-8-5-17/h11-12,17-19H,1-10,13-16H2,(H,31,34). The highest BCUT2D eigenvalue weighted by Crippen LogP contribution is 2.41. The Hall–Kier alpha value is -3.40. The van der Waals surface area contributed by atoms with E-state index in [9.17, 15) is 14.7 Å². The first kappa shape index (κ1) is 24.6. The largest absolute Gasteiger partial charge is 0.491 e. The smallest absolute Gasteiger partial charge is 0.255 e. The van der Waals surface area contributed by atoms with Crippen molar-refractivity contribution in [3.8, 4) is 11.8 Å². The van der Waals surface area contributed by atoms with Crippen molar-refractivity contribution in [2.24, 2.45) is 11.8 Å². The fourth-order valence-corrected chi connectivity index (χ4v) is 6.41. The van der Waals surface area contributed by atoms with Crippen LogP contribution in [0.15, 0.2) is 27.8 Å². The van der Waals surface area contributed by atoms with E-state index in [4.69, 9.17) is 19.0 Å². The Morgan fingerprint density at radius 2 is 1.79 bits per heavy atom. The summed E-state index contributed by atoms with van der Waals surface area (Å²) in [4.78, 5) is 35.3. The lowest BCUT2D eigenvalue weighted by Crippen LogP contribution is -2.39. The second-order valence-electron chi connectivity index (χ2n) is 11.7. The molecule has 10 heteroatoms. The van der Waals surface area contributed by atoms with E-state index >= 15 is 0 Å². The Kier molecular flexibility index (Phi) is 6.29. The van der Waals surface area contributed by atoms with Crippen LogP contribution in [0.25, 0.3) is 0 Å². The van der Waals surface area contributed by atoms with Gasteiger partial charge in [-0.05, 0) is 73.2 Å². The molecule has 39 heavy (non-hydrogen) atoms. The summed E-state index contributed by atoms with van der Waals surface area (Å²) >= 11 is 0. The number of likely N-dealkylation sites (tertiary alicyclic amines) is 1. The zero-order valence-electron chi connectivity index (χ0n) is 22.1. The molecule has 7 rings (SSSR count). The van der Waals surface area contributed by atoms with E-state index < -0.39 is 0 Å². The van der Waals surface area contributed by atoms with E-state index in [1.165, 1.54) is 11.1 Å². The van der Waals surface area contributed by atoms with Crippen LogP contribution < -0.4 is 4.74 Å². The van der Waals surface area contributed by atoms with Crippen LogP contribution in [0.5, 0.6) is 11.8 Å². The number of fused-ring (bicyclic) bond motifs is 1. The lowest BCUT2D eigenvalue weighted by atomic mass is 9.99. The van der Waals surface area contributed by atoms with Crippen LogP contribution >= 0.6 is 0 Å². The molecule has 0 aromatic carbocycles.